The molecule has 0 aliphatic carbocycles. The smallest absolute Gasteiger partial charge is 0.316 e. The van der Waals surface area contributed by atoms with Crippen molar-refractivity contribution in [3.63, 3.8) is 0 Å². The van der Waals surface area contributed by atoms with Gasteiger partial charge in [0, 0.05) is 12.1 Å². The molecule has 0 amide bonds. The van der Waals surface area contributed by atoms with E-state index in [1.54, 1.807) is 6.92 Å². The summed E-state index contributed by atoms with van der Waals surface area (Å²) in [5, 5.41) is 0. The Bertz CT molecular complexity index is 613. The van der Waals surface area contributed by atoms with E-state index in [4.69, 9.17) is 4.74 Å². The van der Waals surface area contributed by atoms with E-state index in [0.29, 0.717) is 23.3 Å². The third-order valence-electron chi connectivity index (χ3n) is 3.15. The van der Waals surface area contributed by atoms with Crippen molar-refractivity contribution >= 4 is 17.0 Å². The lowest BCUT2D eigenvalue weighted by Gasteiger charge is -2.15. The number of imidazole rings is 1. The topological polar surface area (TPSA) is 55.0 Å². The van der Waals surface area contributed by atoms with Crippen LogP contribution in [0.15, 0.2) is 12.1 Å². The first-order valence-electron chi connectivity index (χ1n) is 6.93. The zero-order valence-corrected chi connectivity index (χ0v) is 12.2. The average Bonchev–Trinajstić information content (AvgIpc) is 2.79. The van der Waals surface area contributed by atoms with Gasteiger partial charge in [-0.05, 0) is 19.3 Å². The van der Waals surface area contributed by atoms with Crippen LogP contribution in [0.25, 0.3) is 11.0 Å². The van der Waals surface area contributed by atoms with Gasteiger partial charge in [-0.1, -0.05) is 13.8 Å². The number of benzene rings is 1. The maximum Gasteiger partial charge on any atom is 0.316 e. The van der Waals surface area contributed by atoms with Crippen LogP contribution in [-0.2, 0) is 9.53 Å². The van der Waals surface area contributed by atoms with Crippen molar-refractivity contribution in [1.82, 2.24) is 9.97 Å². The molecule has 2 rings (SSSR count). The number of rotatable bonds is 5. The Morgan fingerprint density at radius 3 is 2.62 bits per heavy atom. The van der Waals surface area contributed by atoms with Crippen LogP contribution in [-0.4, -0.2) is 22.5 Å². The molecular weight excluding hydrogens is 278 g/mol. The van der Waals surface area contributed by atoms with Gasteiger partial charge in [0.25, 0.3) is 0 Å². The number of aromatic amines is 1. The highest BCUT2D eigenvalue weighted by Crippen LogP contribution is 2.26. The average molecular weight is 296 g/mol. The number of carbonyl (C=O) groups is 1. The lowest BCUT2D eigenvalue weighted by atomic mass is 9.96. The first-order chi connectivity index (χ1) is 9.92. The highest BCUT2D eigenvalue weighted by Gasteiger charge is 2.26. The Labute approximate surface area is 121 Å². The van der Waals surface area contributed by atoms with Crippen LogP contribution < -0.4 is 0 Å². The molecule has 0 radical (unpaired) electrons. The molecule has 0 aliphatic rings. The summed E-state index contributed by atoms with van der Waals surface area (Å²) in [4.78, 5) is 19.2. The third-order valence-corrected chi connectivity index (χ3v) is 3.15. The molecule has 1 atom stereocenters. The minimum Gasteiger partial charge on any atom is -0.465 e. The Morgan fingerprint density at radius 2 is 2.00 bits per heavy atom. The van der Waals surface area contributed by atoms with Crippen LogP contribution in [0.2, 0.25) is 0 Å². The number of hydrogen-bond acceptors (Lipinski definition) is 3. The summed E-state index contributed by atoms with van der Waals surface area (Å²) >= 11 is 0. The standard InChI is InChI=1S/C15H18F2N2O2/c1-4-21-15(20)9(5-8(2)3)14-18-12-6-10(16)11(17)7-13(12)19-14/h6-9H,4-5H2,1-3H3,(H,18,19). The van der Waals surface area contributed by atoms with Gasteiger partial charge in [-0.25, -0.2) is 13.8 Å². The molecule has 21 heavy (non-hydrogen) atoms. The van der Waals surface area contributed by atoms with Gasteiger partial charge >= 0.3 is 5.97 Å². The highest BCUT2D eigenvalue weighted by atomic mass is 19.2. The largest absolute Gasteiger partial charge is 0.465 e. The summed E-state index contributed by atoms with van der Waals surface area (Å²) in [6.45, 7) is 5.97. The molecule has 1 heterocycles. The van der Waals surface area contributed by atoms with Gasteiger partial charge in [-0.15, -0.1) is 0 Å². The summed E-state index contributed by atoms with van der Waals surface area (Å²) in [6, 6.07) is 2.06. The molecule has 0 aliphatic heterocycles. The van der Waals surface area contributed by atoms with Crippen molar-refractivity contribution < 1.29 is 18.3 Å². The molecule has 6 heteroatoms. The van der Waals surface area contributed by atoms with Gasteiger partial charge in [0.1, 0.15) is 11.7 Å². The number of nitrogens with one attached hydrogen (secondary N) is 1. The molecular formula is C15H18F2N2O2. The second-order valence-electron chi connectivity index (χ2n) is 5.34. The quantitative estimate of drug-likeness (QED) is 0.859. The maximum absolute atomic E-state index is 13.2. The van der Waals surface area contributed by atoms with E-state index < -0.39 is 17.6 Å². The van der Waals surface area contributed by atoms with Gasteiger partial charge in [-0.2, -0.15) is 0 Å². The third kappa shape index (κ3) is 3.37. The van der Waals surface area contributed by atoms with Gasteiger partial charge in [-0.3, -0.25) is 4.79 Å². The lowest BCUT2D eigenvalue weighted by molar-refractivity contribution is -0.145. The van der Waals surface area contributed by atoms with Crippen LogP contribution in [0.4, 0.5) is 8.78 Å². The number of H-pyrrole nitrogens is 1. The normalized spacial score (nSPS) is 12.9. The van der Waals surface area contributed by atoms with Gasteiger partial charge in [0.05, 0.1) is 17.6 Å². The highest BCUT2D eigenvalue weighted by molar-refractivity contribution is 5.80. The van der Waals surface area contributed by atoms with Crippen molar-refractivity contribution in [2.45, 2.75) is 33.1 Å². The molecule has 1 aromatic carbocycles. The minimum absolute atomic E-state index is 0.251. The van der Waals surface area contributed by atoms with Crippen LogP contribution in [0.3, 0.4) is 0 Å². The fraction of sp³-hybridized carbons (Fsp3) is 0.467. The summed E-state index contributed by atoms with van der Waals surface area (Å²) < 4.78 is 31.5. The number of aromatic nitrogens is 2. The van der Waals surface area contributed by atoms with Crippen molar-refractivity contribution in [2.75, 3.05) is 6.61 Å². The molecule has 0 saturated carbocycles. The molecule has 0 spiro atoms. The Hall–Kier alpha value is -1.98. The van der Waals surface area contributed by atoms with E-state index in [1.165, 1.54) is 0 Å². The number of hydrogen-bond donors (Lipinski definition) is 1. The Kier molecular flexibility index (Phi) is 4.55. The van der Waals surface area contributed by atoms with Gasteiger partial charge < -0.3 is 9.72 Å². The monoisotopic (exact) mass is 296 g/mol. The first-order valence-corrected chi connectivity index (χ1v) is 6.93. The molecule has 2 aromatic rings. The number of esters is 1. The summed E-state index contributed by atoms with van der Waals surface area (Å²) in [7, 11) is 0. The number of fused-ring (bicyclic) bond motifs is 1. The second-order valence-corrected chi connectivity index (χ2v) is 5.34. The van der Waals surface area contributed by atoms with E-state index in [-0.39, 0.29) is 18.5 Å². The van der Waals surface area contributed by atoms with Gasteiger partial charge in [0.2, 0.25) is 0 Å². The summed E-state index contributed by atoms with van der Waals surface area (Å²) in [5.41, 5.74) is 0.656. The molecule has 0 saturated heterocycles. The van der Waals surface area contributed by atoms with Crippen molar-refractivity contribution in [3.8, 4) is 0 Å². The van der Waals surface area contributed by atoms with E-state index in [2.05, 4.69) is 9.97 Å². The fourth-order valence-electron chi connectivity index (χ4n) is 2.22. The number of nitrogens with zero attached hydrogens (tertiary/aromatic N) is 1. The minimum atomic E-state index is -0.961. The fourth-order valence-corrected chi connectivity index (χ4v) is 2.22. The summed E-state index contributed by atoms with van der Waals surface area (Å²) in [5.74, 6) is -2.23. The number of halogens is 2. The number of carbonyl (C=O) groups excluding carboxylic acids is 1. The Balaban J connectivity index is 2.41. The first kappa shape index (κ1) is 15.4. The SMILES string of the molecule is CCOC(=O)C(CC(C)C)c1nc2cc(F)c(F)cc2[nH]1. The molecule has 1 N–H and O–H groups in total. The molecule has 1 aromatic heterocycles. The van der Waals surface area contributed by atoms with E-state index in [1.807, 2.05) is 13.8 Å². The van der Waals surface area contributed by atoms with E-state index >= 15 is 0 Å². The zero-order chi connectivity index (χ0) is 15.6. The predicted molar refractivity (Wildman–Crippen MR) is 74.8 cm³/mol. The van der Waals surface area contributed by atoms with Gasteiger partial charge in [0.15, 0.2) is 11.6 Å². The zero-order valence-electron chi connectivity index (χ0n) is 12.2. The van der Waals surface area contributed by atoms with Crippen molar-refractivity contribution in [3.05, 3.63) is 29.6 Å². The molecule has 1 unspecified atom stereocenters. The maximum atomic E-state index is 13.2. The van der Waals surface area contributed by atoms with Crippen molar-refractivity contribution in [2.24, 2.45) is 5.92 Å². The molecule has 4 nitrogen and oxygen atoms in total. The molecule has 114 valence electrons. The Morgan fingerprint density at radius 1 is 1.33 bits per heavy atom. The predicted octanol–water partition coefficient (Wildman–Crippen LogP) is 3.53. The second kappa shape index (κ2) is 6.20. The van der Waals surface area contributed by atoms with E-state index in [9.17, 15) is 13.6 Å². The van der Waals surface area contributed by atoms with Crippen LogP contribution in [0, 0.1) is 17.6 Å². The van der Waals surface area contributed by atoms with E-state index in [0.717, 1.165) is 12.1 Å². The molecule has 0 bridgehead atoms. The number of ether oxygens (including phenoxy) is 1. The lowest BCUT2D eigenvalue weighted by Crippen LogP contribution is -2.19. The summed E-state index contributed by atoms with van der Waals surface area (Å²) in [6.07, 6.45) is 0.545. The van der Waals surface area contributed by atoms with Crippen LogP contribution >= 0.6 is 0 Å². The van der Waals surface area contributed by atoms with Crippen LogP contribution in [0.5, 0.6) is 0 Å². The molecule has 0 fully saturated rings. The van der Waals surface area contributed by atoms with Crippen molar-refractivity contribution in [1.29, 1.82) is 0 Å². The van der Waals surface area contributed by atoms with Crippen LogP contribution in [0.1, 0.15) is 38.9 Å².